The molecule has 28 heavy (non-hydrogen) atoms. The van der Waals surface area contributed by atoms with Crippen LogP contribution in [0.2, 0.25) is 0 Å². The summed E-state index contributed by atoms with van der Waals surface area (Å²) in [6.07, 6.45) is -5.48. The fourth-order valence-electron chi connectivity index (χ4n) is 2.03. The van der Waals surface area contributed by atoms with Crippen molar-refractivity contribution in [1.29, 1.82) is 0 Å². The Morgan fingerprint density at radius 2 is 1.43 bits per heavy atom. The van der Waals surface area contributed by atoms with Gasteiger partial charge in [0.25, 0.3) is 0 Å². The first-order valence-corrected chi connectivity index (χ1v) is 8.04. The second-order valence-electron chi connectivity index (χ2n) is 5.57. The molecule has 0 amide bonds. The highest BCUT2D eigenvalue weighted by Gasteiger charge is 2.54. The number of hydrogen-bond acceptors (Lipinski definition) is 11. The van der Waals surface area contributed by atoms with E-state index in [1.165, 1.54) is 0 Å². The molecule has 0 unspecified atom stereocenters. The Hall–Kier alpha value is -3.02. The zero-order chi connectivity index (χ0) is 21.3. The Bertz CT molecular complexity index is 667. The van der Waals surface area contributed by atoms with Gasteiger partial charge in [-0.25, -0.2) is 0 Å². The Morgan fingerprint density at radius 3 is 1.86 bits per heavy atom. The molecule has 0 radical (unpaired) electrons. The number of esters is 3. The number of hydrogen-bond donors (Lipinski definition) is 4. The second-order valence-corrected chi connectivity index (χ2v) is 5.57. The average molecular weight is 398 g/mol. The van der Waals surface area contributed by atoms with Crippen LogP contribution in [0, 0.1) is 0 Å². The van der Waals surface area contributed by atoms with Crippen molar-refractivity contribution in [3.63, 3.8) is 0 Å². The summed E-state index contributed by atoms with van der Waals surface area (Å²) in [5, 5.41) is 34.2. The van der Waals surface area contributed by atoms with Crippen LogP contribution in [-0.4, -0.2) is 63.7 Å². The lowest BCUT2D eigenvalue weighted by Gasteiger charge is -2.36. The van der Waals surface area contributed by atoms with Crippen LogP contribution in [-0.2, 0) is 28.6 Å². The zero-order valence-corrected chi connectivity index (χ0v) is 15.4. The molecule has 3 atom stereocenters. The van der Waals surface area contributed by atoms with Crippen LogP contribution in [0.5, 0.6) is 0 Å². The molecule has 0 bridgehead atoms. The Morgan fingerprint density at radius 1 is 0.964 bits per heavy atom. The molecule has 154 valence electrons. The molecule has 0 fully saturated rings. The quantitative estimate of drug-likeness (QED) is 0.185. The van der Waals surface area contributed by atoms with Gasteiger partial charge >= 0.3 is 23.9 Å². The van der Waals surface area contributed by atoms with Gasteiger partial charge in [0, 0.05) is 20.8 Å². The molecule has 11 heteroatoms. The summed E-state index contributed by atoms with van der Waals surface area (Å²) in [5.41, 5.74) is 3.14. The van der Waals surface area contributed by atoms with Crippen molar-refractivity contribution in [2.75, 3.05) is 5.43 Å². The molecule has 0 aliphatic heterocycles. The van der Waals surface area contributed by atoms with Crippen LogP contribution in [0.1, 0.15) is 20.8 Å². The molecule has 0 saturated carbocycles. The topological polar surface area (TPSA) is 164 Å². The number of anilines is 1. The van der Waals surface area contributed by atoms with Gasteiger partial charge in [-0.2, -0.15) is 5.10 Å². The van der Waals surface area contributed by atoms with E-state index in [4.69, 9.17) is 0 Å². The largest absolute Gasteiger partial charge is 0.454 e. The maximum Gasteiger partial charge on any atom is 0.454 e. The maximum absolute atomic E-state index is 11.4. The minimum atomic E-state index is -3.00. The molecule has 0 aliphatic rings. The van der Waals surface area contributed by atoms with Gasteiger partial charge in [-0.15, -0.1) is 0 Å². The SMILES string of the molecule is CC(=O)OC(OC(C)=O)(OC(C)=O)[C@H](O)[C@H](O)[C@H](O)C=NNc1ccccc1. The first-order valence-electron chi connectivity index (χ1n) is 8.04. The van der Waals surface area contributed by atoms with Crippen LogP contribution in [0.4, 0.5) is 5.69 Å². The highest BCUT2D eigenvalue weighted by molar-refractivity contribution is 5.71. The molecule has 1 rings (SSSR count). The third-order valence-electron chi connectivity index (χ3n) is 3.09. The minimum Gasteiger partial charge on any atom is -0.387 e. The number of nitrogens with zero attached hydrogens (tertiary/aromatic N) is 1. The highest BCUT2D eigenvalue weighted by Crippen LogP contribution is 2.25. The fraction of sp³-hybridized carbons (Fsp3) is 0.412. The van der Waals surface area contributed by atoms with Crippen molar-refractivity contribution in [2.24, 2.45) is 5.10 Å². The maximum atomic E-state index is 11.4. The molecule has 0 heterocycles. The van der Waals surface area contributed by atoms with E-state index in [-0.39, 0.29) is 0 Å². The summed E-state index contributed by atoms with van der Waals surface area (Å²) >= 11 is 0. The average Bonchev–Trinajstić information content (AvgIpc) is 2.59. The van der Waals surface area contributed by atoms with Crippen LogP contribution in [0.25, 0.3) is 0 Å². The second kappa shape index (κ2) is 10.3. The number of ether oxygens (including phenoxy) is 3. The highest BCUT2D eigenvalue weighted by atomic mass is 16.9. The molecule has 1 aromatic carbocycles. The first kappa shape index (κ1) is 23.0. The number of nitrogens with one attached hydrogen (secondary N) is 1. The molecule has 0 aromatic heterocycles. The normalized spacial score (nSPS) is 14.6. The van der Waals surface area contributed by atoms with Gasteiger partial charge in [0.2, 0.25) is 6.10 Å². The van der Waals surface area contributed by atoms with E-state index >= 15 is 0 Å². The number of para-hydroxylation sites is 1. The van der Waals surface area contributed by atoms with Crippen LogP contribution in [0.3, 0.4) is 0 Å². The number of aliphatic hydroxyl groups excluding tert-OH is 3. The van der Waals surface area contributed by atoms with E-state index in [1.54, 1.807) is 30.3 Å². The third-order valence-corrected chi connectivity index (χ3v) is 3.09. The van der Waals surface area contributed by atoms with E-state index in [1.807, 2.05) is 0 Å². The van der Waals surface area contributed by atoms with Crippen LogP contribution < -0.4 is 5.43 Å². The van der Waals surface area contributed by atoms with Crippen LogP contribution >= 0.6 is 0 Å². The zero-order valence-electron chi connectivity index (χ0n) is 15.4. The van der Waals surface area contributed by atoms with Crippen molar-refractivity contribution in [3.8, 4) is 0 Å². The predicted molar refractivity (Wildman–Crippen MR) is 94.6 cm³/mol. The lowest BCUT2D eigenvalue weighted by molar-refractivity contribution is -0.373. The lowest BCUT2D eigenvalue weighted by atomic mass is 10.1. The number of rotatable bonds is 9. The standard InChI is InChI=1S/C17H22N2O9/c1-10(20)26-17(27-11(2)21,28-12(3)22)16(25)15(24)14(23)9-18-19-13-7-5-4-6-8-13/h4-9,14-16,19,23-25H,1-3H3/t14-,15-,16-/m1/s1. The summed E-state index contributed by atoms with van der Waals surface area (Å²) in [5.74, 6) is -6.28. The van der Waals surface area contributed by atoms with Gasteiger partial charge in [-0.1, -0.05) is 18.2 Å². The number of carbonyl (C=O) groups is 3. The smallest absolute Gasteiger partial charge is 0.387 e. The molecule has 0 spiro atoms. The summed E-state index contributed by atoms with van der Waals surface area (Å²) in [6, 6.07) is 8.61. The van der Waals surface area contributed by atoms with Crippen molar-refractivity contribution in [3.05, 3.63) is 30.3 Å². The van der Waals surface area contributed by atoms with Gasteiger partial charge in [-0.05, 0) is 12.1 Å². The fourth-order valence-corrected chi connectivity index (χ4v) is 2.03. The predicted octanol–water partition coefficient (Wildman–Crippen LogP) is -0.490. The first-order chi connectivity index (χ1) is 13.1. The number of carbonyl (C=O) groups excluding carboxylic acids is 3. The van der Waals surface area contributed by atoms with E-state index in [2.05, 4.69) is 24.7 Å². The Kier molecular flexibility index (Phi) is 8.51. The lowest BCUT2D eigenvalue weighted by Crippen LogP contribution is -2.59. The van der Waals surface area contributed by atoms with Crippen molar-refractivity contribution < 1.29 is 43.9 Å². The van der Waals surface area contributed by atoms with E-state index < -0.39 is 42.2 Å². The molecule has 0 aliphatic carbocycles. The summed E-state index contributed by atoms with van der Waals surface area (Å²) in [4.78, 5) is 34.1. The molecule has 1 aromatic rings. The van der Waals surface area contributed by atoms with E-state index in [9.17, 15) is 29.7 Å². The van der Waals surface area contributed by atoms with Crippen LogP contribution in [0.15, 0.2) is 35.4 Å². The van der Waals surface area contributed by atoms with Gasteiger partial charge < -0.3 is 29.5 Å². The monoisotopic (exact) mass is 398 g/mol. The number of hydrazone groups is 1. The summed E-state index contributed by atoms with van der Waals surface area (Å²) < 4.78 is 14.0. The summed E-state index contributed by atoms with van der Waals surface area (Å²) in [6.45, 7) is 2.67. The molecular formula is C17H22N2O9. The van der Waals surface area contributed by atoms with E-state index in [0.717, 1.165) is 27.0 Å². The van der Waals surface area contributed by atoms with Gasteiger partial charge in [0.1, 0.15) is 12.2 Å². The minimum absolute atomic E-state index is 0.579. The number of aliphatic hydroxyl groups is 3. The Balaban J connectivity index is 3.00. The van der Waals surface area contributed by atoms with Gasteiger partial charge in [0.15, 0.2) is 0 Å². The molecule has 0 saturated heterocycles. The van der Waals surface area contributed by atoms with Crippen molar-refractivity contribution in [2.45, 2.75) is 45.1 Å². The van der Waals surface area contributed by atoms with E-state index in [0.29, 0.717) is 5.69 Å². The third kappa shape index (κ3) is 6.95. The Labute approximate surface area is 160 Å². The molecule has 4 N–H and O–H groups in total. The van der Waals surface area contributed by atoms with Gasteiger partial charge in [-0.3, -0.25) is 19.8 Å². The van der Waals surface area contributed by atoms with Crippen molar-refractivity contribution in [1.82, 2.24) is 0 Å². The van der Waals surface area contributed by atoms with Crippen molar-refractivity contribution >= 4 is 29.8 Å². The molecule has 11 nitrogen and oxygen atoms in total. The summed E-state index contributed by atoms with van der Waals surface area (Å²) in [7, 11) is 0. The van der Waals surface area contributed by atoms with Gasteiger partial charge in [0.05, 0.1) is 11.9 Å². The molecular weight excluding hydrogens is 376 g/mol. The number of benzene rings is 1.